The van der Waals surface area contributed by atoms with Gasteiger partial charge in [-0.15, -0.1) is 0 Å². The predicted octanol–water partition coefficient (Wildman–Crippen LogP) is 3.64. The Morgan fingerprint density at radius 1 is 1.21 bits per heavy atom. The molecule has 0 atom stereocenters. The highest BCUT2D eigenvalue weighted by molar-refractivity contribution is 7.22. The molecule has 1 aliphatic rings. The quantitative estimate of drug-likeness (QED) is 0.573. The van der Waals surface area contributed by atoms with E-state index in [1.807, 2.05) is 31.3 Å². The van der Waals surface area contributed by atoms with Gasteiger partial charge in [0.2, 0.25) is 0 Å². The van der Waals surface area contributed by atoms with Gasteiger partial charge in [-0.3, -0.25) is 0 Å². The second kappa shape index (κ2) is 6.79. The van der Waals surface area contributed by atoms with Gasteiger partial charge < -0.3 is 10.2 Å². The summed E-state index contributed by atoms with van der Waals surface area (Å²) in [6.45, 7) is 3.96. The summed E-state index contributed by atoms with van der Waals surface area (Å²) >= 11 is 1.54. The summed E-state index contributed by atoms with van der Waals surface area (Å²) in [5.74, 6) is -0.308. The summed E-state index contributed by atoms with van der Waals surface area (Å²) < 4.78 is 17.4. The minimum Gasteiger partial charge on any atom is -0.348 e. The number of benzene rings is 1. The Morgan fingerprint density at radius 2 is 2.04 bits per heavy atom. The van der Waals surface area contributed by atoms with E-state index in [4.69, 9.17) is 0 Å². The third-order valence-corrected chi connectivity index (χ3v) is 6.42. The Morgan fingerprint density at radius 3 is 2.86 bits per heavy atom. The molecule has 1 aromatic carbocycles. The van der Waals surface area contributed by atoms with E-state index >= 15 is 0 Å². The van der Waals surface area contributed by atoms with E-state index in [-0.39, 0.29) is 5.82 Å². The van der Waals surface area contributed by atoms with Gasteiger partial charge in [-0.2, -0.15) is 5.10 Å². The van der Waals surface area contributed by atoms with Gasteiger partial charge >= 0.3 is 0 Å². The minimum absolute atomic E-state index is 0.308. The molecule has 28 heavy (non-hydrogen) atoms. The Hall–Kier alpha value is -2.58. The van der Waals surface area contributed by atoms with Gasteiger partial charge in [0.05, 0.1) is 22.3 Å². The first kappa shape index (κ1) is 17.5. The summed E-state index contributed by atoms with van der Waals surface area (Å²) in [4.78, 5) is 11.2. The van der Waals surface area contributed by atoms with E-state index < -0.39 is 0 Å². The summed E-state index contributed by atoms with van der Waals surface area (Å²) in [5, 5.41) is 8.83. The lowest BCUT2D eigenvalue weighted by atomic mass is 10.1. The standard InChI is InChI=1S/C20H21FN6S/c1-12-11-27-18(23-12)4-3-16(25-27)13-9-15(21)19-17(10-13)28-20(24-19)26(2)14-5-7-22-8-6-14/h3-4,9-11,14,22H,5-8H2,1-2H3. The molecule has 0 bridgehead atoms. The summed E-state index contributed by atoms with van der Waals surface area (Å²) in [6.07, 6.45) is 4.02. The molecular weight excluding hydrogens is 375 g/mol. The molecule has 0 saturated carbocycles. The largest absolute Gasteiger partial charge is 0.348 e. The molecule has 1 N–H and O–H groups in total. The van der Waals surface area contributed by atoms with E-state index in [0.717, 1.165) is 52.7 Å². The van der Waals surface area contributed by atoms with E-state index in [1.54, 1.807) is 4.52 Å². The zero-order chi connectivity index (χ0) is 19.3. The number of imidazole rings is 1. The average molecular weight is 396 g/mol. The van der Waals surface area contributed by atoms with Crippen molar-refractivity contribution < 1.29 is 4.39 Å². The van der Waals surface area contributed by atoms with Crippen LogP contribution in [0.2, 0.25) is 0 Å². The van der Waals surface area contributed by atoms with Crippen LogP contribution >= 0.6 is 11.3 Å². The number of nitrogens with one attached hydrogen (secondary N) is 1. The lowest BCUT2D eigenvalue weighted by Crippen LogP contribution is -2.41. The van der Waals surface area contributed by atoms with Crippen LogP contribution in [-0.4, -0.2) is 45.8 Å². The third kappa shape index (κ3) is 3.02. The smallest absolute Gasteiger partial charge is 0.186 e. The average Bonchev–Trinajstić information content (AvgIpc) is 3.30. The van der Waals surface area contributed by atoms with E-state index in [0.29, 0.717) is 17.3 Å². The lowest BCUT2D eigenvalue weighted by Gasteiger charge is -2.31. The van der Waals surface area contributed by atoms with Crippen molar-refractivity contribution >= 4 is 32.3 Å². The first-order valence-electron chi connectivity index (χ1n) is 9.45. The van der Waals surface area contributed by atoms with Crippen LogP contribution in [0.4, 0.5) is 9.52 Å². The summed E-state index contributed by atoms with van der Waals surface area (Å²) in [7, 11) is 2.06. The first-order valence-corrected chi connectivity index (χ1v) is 10.3. The first-order chi connectivity index (χ1) is 13.6. The molecule has 1 fully saturated rings. The Bertz CT molecular complexity index is 1160. The highest BCUT2D eigenvalue weighted by atomic mass is 32.1. The minimum atomic E-state index is -0.308. The van der Waals surface area contributed by atoms with Crippen molar-refractivity contribution in [3.63, 3.8) is 0 Å². The highest BCUT2D eigenvalue weighted by Crippen LogP contribution is 2.34. The molecule has 1 aliphatic heterocycles. The molecule has 6 nitrogen and oxygen atoms in total. The van der Waals surface area contributed by atoms with Gasteiger partial charge in [-0.05, 0) is 57.1 Å². The predicted molar refractivity (Wildman–Crippen MR) is 111 cm³/mol. The number of nitrogens with zero attached hydrogens (tertiary/aromatic N) is 5. The molecule has 4 heterocycles. The molecule has 144 valence electrons. The molecule has 3 aromatic heterocycles. The maximum Gasteiger partial charge on any atom is 0.186 e. The maximum absolute atomic E-state index is 14.8. The number of aromatic nitrogens is 4. The molecule has 0 amide bonds. The van der Waals surface area contributed by atoms with Gasteiger partial charge in [0.15, 0.2) is 16.6 Å². The van der Waals surface area contributed by atoms with Gasteiger partial charge in [0, 0.05) is 18.7 Å². The number of hydrogen-bond donors (Lipinski definition) is 1. The second-order valence-corrected chi connectivity index (χ2v) is 8.31. The van der Waals surface area contributed by atoms with Crippen molar-refractivity contribution in [2.45, 2.75) is 25.8 Å². The number of piperidine rings is 1. The number of rotatable bonds is 3. The zero-order valence-electron chi connectivity index (χ0n) is 15.8. The fraction of sp³-hybridized carbons (Fsp3) is 0.350. The number of fused-ring (bicyclic) bond motifs is 2. The molecule has 1 saturated heterocycles. The summed E-state index contributed by atoms with van der Waals surface area (Å²) in [6, 6.07) is 7.73. The van der Waals surface area contributed by atoms with Crippen LogP contribution in [-0.2, 0) is 0 Å². The van der Waals surface area contributed by atoms with Crippen LogP contribution in [0.3, 0.4) is 0 Å². The highest BCUT2D eigenvalue weighted by Gasteiger charge is 2.22. The number of aryl methyl sites for hydroxylation is 1. The van der Waals surface area contributed by atoms with Crippen LogP contribution in [0.1, 0.15) is 18.5 Å². The van der Waals surface area contributed by atoms with E-state index in [9.17, 15) is 4.39 Å². The van der Waals surface area contributed by atoms with Gasteiger partial charge in [0.25, 0.3) is 0 Å². The van der Waals surface area contributed by atoms with Gasteiger partial charge in [-0.25, -0.2) is 18.9 Å². The van der Waals surface area contributed by atoms with Crippen LogP contribution in [0.15, 0.2) is 30.5 Å². The molecule has 0 radical (unpaired) electrons. The SMILES string of the molecule is Cc1cn2nc(-c3cc(F)c4nc(N(C)C5CCNCC5)sc4c3)ccc2n1. The normalized spacial score (nSPS) is 15.5. The lowest BCUT2D eigenvalue weighted by molar-refractivity contribution is 0.443. The van der Waals surface area contributed by atoms with Crippen LogP contribution in [0.25, 0.3) is 27.1 Å². The molecular formula is C20H21FN6S. The number of hydrogen-bond acceptors (Lipinski definition) is 6. The molecule has 8 heteroatoms. The van der Waals surface area contributed by atoms with Crippen molar-refractivity contribution in [1.82, 2.24) is 24.9 Å². The number of anilines is 1. The van der Waals surface area contributed by atoms with E-state index in [1.165, 1.54) is 17.4 Å². The fourth-order valence-electron chi connectivity index (χ4n) is 3.78. The van der Waals surface area contributed by atoms with E-state index in [2.05, 4.69) is 32.3 Å². The Labute approximate surface area is 166 Å². The van der Waals surface area contributed by atoms with Crippen LogP contribution in [0.5, 0.6) is 0 Å². The Balaban J connectivity index is 1.53. The van der Waals surface area contributed by atoms with Crippen molar-refractivity contribution in [3.05, 3.63) is 42.0 Å². The van der Waals surface area contributed by atoms with Crippen molar-refractivity contribution in [2.75, 3.05) is 25.0 Å². The molecule has 0 unspecified atom stereocenters. The zero-order valence-corrected chi connectivity index (χ0v) is 16.6. The van der Waals surface area contributed by atoms with Crippen LogP contribution < -0.4 is 10.2 Å². The van der Waals surface area contributed by atoms with Gasteiger partial charge in [-0.1, -0.05) is 11.3 Å². The monoisotopic (exact) mass is 396 g/mol. The summed E-state index contributed by atoms with van der Waals surface area (Å²) in [5.41, 5.74) is 3.58. The topological polar surface area (TPSA) is 58.4 Å². The Kier molecular flexibility index (Phi) is 4.25. The van der Waals surface area contributed by atoms with Crippen molar-refractivity contribution in [3.8, 4) is 11.3 Å². The number of thiazole rings is 1. The molecule has 0 aliphatic carbocycles. The van der Waals surface area contributed by atoms with Gasteiger partial charge in [0.1, 0.15) is 5.52 Å². The third-order valence-electron chi connectivity index (χ3n) is 5.33. The number of halogens is 1. The van der Waals surface area contributed by atoms with Crippen LogP contribution in [0, 0.1) is 12.7 Å². The second-order valence-electron chi connectivity index (χ2n) is 7.30. The van der Waals surface area contributed by atoms with Crippen molar-refractivity contribution in [1.29, 1.82) is 0 Å². The molecule has 5 rings (SSSR count). The molecule has 4 aromatic rings. The van der Waals surface area contributed by atoms with Crippen molar-refractivity contribution in [2.24, 2.45) is 0 Å². The molecule has 0 spiro atoms. The fourth-order valence-corrected chi connectivity index (χ4v) is 4.83. The maximum atomic E-state index is 14.8.